The van der Waals surface area contributed by atoms with Gasteiger partial charge in [0.2, 0.25) is 0 Å². The van der Waals surface area contributed by atoms with Gasteiger partial charge in [-0.1, -0.05) is 23.3 Å². The monoisotopic (exact) mass is 280 g/mol. The van der Waals surface area contributed by atoms with E-state index in [1.165, 1.54) is 18.3 Å². The fraction of sp³-hybridized carbons (Fsp3) is 0.706. The molecule has 1 fully saturated rings. The van der Waals surface area contributed by atoms with Crippen LogP contribution >= 0.6 is 0 Å². The number of esters is 1. The summed E-state index contributed by atoms with van der Waals surface area (Å²) in [6, 6.07) is 0. The highest BCUT2D eigenvalue weighted by Crippen LogP contribution is 2.26. The normalized spacial score (nSPS) is 19.4. The number of ether oxygens (including phenoxy) is 2. The minimum atomic E-state index is -0.128. The summed E-state index contributed by atoms with van der Waals surface area (Å²) in [5.41, 5.74) is 2.81. The molecule has 1 aliphatic heterocycles. The Morgan fingerprint density at radius 2 is 2.00 bits per heavy atom. The largest absolute Gasteiger partial charge is 0.469 e. The molecule has 0 bridgehead atoms. The highest BCUT2D eigenvalue weighted by Gasteiger charge is 2.37. The van der Waals surface area contributed by atoms with Gasteiger partial charge in [-0.2, -0.15) is 0 Å². The van der Waals surface area contributed by atoms with Crippen molar-refractivity contribution in [2.24, 2.45) is 5.92 Å². The van der Waals surface area contributed by atoms with Crippen molar-refractivity contribution in [2.75, 3.05) is 13.7 Å². The van der Waals surface area contributed by atoms with Gasteiger partial charge in [0.1, 0.15) is 0 Å². The van der Waals surface area contributed by atoms with Crippen LogP contribution in [0.25, 0.3) is 0 Å². The maximum atomic E-state index is 11.6. The van der Waals surface area contributed by atoms with Crippen molar-refractivity contribution in [1.82, 2.24) is 0 Å². The average Bonchev–Trinajstić information content (AvgIpc) is 3.22. The van der Waals surface area contributed by atoms with E-state index in [0.717, 1.165) is 32.1 Å². The molecular weight excluding hydrogens is 252 g/mol. The molecule has 0 N–H and O–H groups in total. The lowest BCUT2D eigenvalue weighted by Crippen LogP contribution is -2.21. The van der Waals surface area contributed by atoms with Gasteiger partial charge in [-0.15, -0.1) is 0 Å². The molecule has 0 aromatic heterocycles. The Morgan fingerprint density at radius 3 is 2.55 bits per heavy atom. The molecule has 0 amide bonds. The Labute approximate surface area is 123 Å². The molecular formula is C17H28O3. The molecule has 2 atom stereocenters. The van der Waals surface area contributed by atoms with Crippen molar-refractivity contribution in [3.63, 3.8) is 0 Å². The van der Waals surface area contributed by atoms with Crippen LogP contribution in [0, 0.1) is 5.92 Å². The summed E-state index contributed by atoms with van der Waals surface area (Å²) in [7, 11) is 1.45. The van der Waals surface area contributed by atoms with Gasteiger partial charge in [-0.05, 0) is 52.9 Å². The van der Waals surface area contributed by atoms with Gasteiger partial charge < -0.3 is 9.47 Å². The van der Waals surface area contributed by atoms with Gasteiger partial charge in [-0.3, -0.25) is 4.79 Å². The van der Waals surface area contributed by atoms with Gasteiger partial charge in [0, 0.05) is 0 Å². The topological polar surface area (TPSA) is 38.8 Å². The number of hydrogen-bond donors (Lipinski definition) is 0. The van der Waals surface area contributed by atoms with Crippen LogP contribution in [0.1, 0.15) is 52.9 Å². The van der Waals surface area contributed by atoms with Gasteiger partial charge in [0.25, 0.3) is 0 Å². The zero-order valence-corrected chi connectivity index (χ0v) is 13.3. The first kappa shape index (κ1) is 17.0. The fourth-order valence-corrected chi connectivity index (χ4v) is 2.27. The molecule has 0 aromatic rings. The Kier molecular flexibility index (Phi) is 7.60. The smallest absolute Gasteiger partial charge is 0.311 e. The Morgan fingerprint density at radius 1 is 1.30 bits per heavy atom. The molecule has 0 saturated carbocycles. The van der Waals surface area contributed by atoms with Crippen molar-refractivity contribution in [3.8, 4) is 0 Å². The average molecular weight is 280 g/mol. The standard InChI is InChI=1S/C17H28O3/c1-13(2)8-7-10-14(3)9-5-6-11-15(16-12-20-16)17(18)19-4/h8-9,15-16H,5-7,10-12H2,1-4H3. The third-order valence-corrected chi connectivity index (χ3v) is 3.62. The molecule has 1 aliphatic rings. The van der Waals surface area contributed by atoms with Crippen molar-refractivity contribution < 1.29 is 14.3 Å². The Hall–Kier alpha value is -1.09. The predicted molar refractivity (Wildman–Crippen MR) is 81.5 cm³/mol. The SMILES string of the molecule is COC(=O)C(CCCC=C(C)CCC=C(C)C)C1CO1. The third kappa shape index (κ3) is 6.90. The first-order valence-corrected chi connectivity index (χ1v) is 7.53. The Balaban J connectivity index is 2.21. The maximum absolute atomic E-state index is 11.6. The number of carbonyl (C=O) groups excluding carboxylic acids is 1. The lowest BCUT2D eigenvalue weighted by Gasteiger charge is -2.11. The molecule has 0 aromatic carbocycles. The van der Waals surface area contributed by atoms with E-state index in [0.29, 0.717) is 6.61 Å². The van der Waals surface area contributed by atoms with Crippen LogP contribution in [0.5, 0.6) is 0 Å². The first-order valence-electron chi connectivity index (χ1n) is 7.53. The molecule has 1 rings (SSSR count). The van der Waals surface area contributed by atoms with Crippen LogP contribution in [-0.2, 0) is 14.3 Å². The van der Waals surface area contributed by atoms with Crippen LogP contribution in [0.3, 0.4) is 0 Å². The summed E-state index contributed by atoms with van der Waals surface area (Å²) in [6.45, 7) is 7.15. The second-order valence-electron chi connectivity index (χ2n) is 5.80. The van der Waals surface area contributed by atoms with E-state index in [2.05, 4.69) is 32.9 Å². The summed E-state index contributed by atoms with van der Waals surface area (Å²) in [5, 5.41) is 0. The van der Waals surface area contributed by atoms with Crippen molar-refractivity contribution >= 4 is 5.97 Å². The molecule has 1 heterocycles. The van der Waals surface area contributed by atoms with E-state index in [9.17, 15) is 4.79 Å². The lowest BCUT2D eigenvalue weighted by atomic mass is 9.98. The minimum Gasteiger partial charge on any atom is -0.469 e. The molecule has 0 radical (unpaired) electrons. The zero-order valence-electron chi connectivity index (χ0n) is 13.3. The van der Waals surface area contributed by atoms with Crippen molar-refractivity contribution in [1.29, 1.82) is 0 Å². The van der Waals surface area contributed by atoms with Gasteiger partial charge >= 0.3 is 5.97 Å². The van der Waals surface area contributed by atoms with Crippen LogP contribution in [0.15, 0.2) is 23.3 Å². The third-order valence-electron chi connectivity index (χ3n) is 3.62. The first-order chi connectivity index (χ1) is 9.54. The van der Waals surface area contributed by atoms with Gasteiger partial charge in [0.15, 0.2) is 0 Å². The highest BCUT2D eigenvalue weighted by atomic mass is 16.6. The van der Waals surface area contributed by atoms with E-state index < -0.39 is 0 Å². The number of carbonyl (C=O) groups is 1. The molecule has 3 heteroatoms. The number of rotatable bonds is 9. The predicted octanol–water partition coefficient (Wildman–Crippen LogP) is 4.04. The summed E-state index contributed by atoms with van der Waals surface area (Å²) >= 11 is 0. The number of methoxy groups -OCH3 is 1. The van der Waals surface area contributed by atoms with E-state index in [1.54, 1.807) is 0 Å². The van der Waals surface area contributed by atoms with Crippen LogP contribution in [0.2, 0.25) is 0 Å². The molecule has 3 nitrogen and oxygen atoms in total. The highest BCUT2D eigenvalue weighted by molar-refractivity contribution is 5.73. The second kappa shape index (κ2) is 8.96. The van der Waals surface area contributed by atoms with Gasteiger partial charge in [0.05, 0.1) is 25.7 Å². The van der Waals surface area contributed by atoms with E-state index >= 15 is 0 Å². The number of unbranched alkanes of at least 4 members (excludes halogenated alkanes) is 1. The minimum absolute atomic E-state index is 0.0700. The lowest BCUT2D eigenvalue weighted by molar-refractivity contribution is -0.146. The number of allylic oxidation sites excluding steroid dienone is 4. The molecule has 0 spiro atoms. The molecule has 1 saturated heterocycles. The molecule has 2 unspecified atom stereocenters. The second-order valence-corrected chi connectivity index (χ2v) is 5.80. The van der Waals surface area contributed by atoms with E-state index in [1.807, 2.05) is 0 Å². The maximum Gasteiger partial charge on any atom is 0.311 e. The van der Waals surface area contributed by atoms with Crippen LogP contribution in [-0.4, -0.2) is 25.8 Å². The molecule has 0 aliphatic carbocycles. The molecule has 20 heavy (non-hydrogen) atoms. The van der Waals surface area contributed by atoms with Crippen molar-refractivity contribution in [2.45, 2.75) is 59.0 Å². The quantitative estimate of drug-likeness (QED) is 0.277. The Bertz CT molecular complexity index is 360. The van der Waals surface area contributed by atoms with E-state index in [4.69, 9.17) is 9.47 Å². The van der Waals surface area contributed by atoms with Crippen molar-refractivity contribution in [3.05, 3.63) is 23.3 Å². The number of epoxide rings is 1. The zero-order chi connectivity index (χ0) is 15.0. The summed E-state index contributed by atoms with van der Waals surface area (Å²) < 4.78 is 10.1. The molecule has 114 valence electrons. The fourth-order valence-electron chi connectivity index (χ4n) is 2.27. The summed E-state index contributed by atoms with van der Waals surface area (Å²) in [4.78, 5) is 11.6. The number of hydrogen-bond acceptors (Lipinski definition) is 3. The summed E-state index contributed by atoms with van der Waals surface area (Å²) in [5.74, 6) is -0.198. The van der Waals surface area contributed by atoms with Crippen LogP contribution < -0.4 is 0 Å². The van der Waals surface area contributed by atoms with Gasteiger partial charge in [-0.25, -0.2) is 0 Å². The van der Waals surface area contributed by atoms with Crippen LogP contribution in [0.4, 0.5) is 0 Å². The van der Waals surface area contributed by atoms with E-state index in [-0.39, 0.29) is 18.0 Å². The summed E-state index contributed by atoms with van der Waals surface area (Å²) in [6.07, 6.45) is 9.80.